The second-order valence-electron chi connectivity index (χ2n) is 8.77. The third-order valence-electron chi connectivity index (χ3n) is 6.75. The van der Waals surface area contributed by atoms with E-state index in [0.29, 0.717) is 28.5 Å². The van der Waals surface area contributed by atoms with Gasteiger partial charge in [0.25, 0.3) is 0 Å². The van der Waals surface area contributed by atoms with Gasteiger partial charge < -0.3 is 29.7 Å². The van der Waals surface area contributed by atoms with Gasteiger partial charge in [-0.05, 0) is 31.0 Å². The maximum atomic E-state index is 10.5. The van der Waals surface area contributed by atoms with Crippen molar-refractivity contribution in [1.29, 1.82) is 0 Å². The Morgan fingerprint density at radius 2 is 1.97 bits per heavy atom. The highest BCUT2D eigenvalue weighted by molar-refractivity contribution is 6.30. The molecule has 1 saturated heterocycles. The summed E-state index contributed by atoms with van der Waals surface area (Å²) >= 11 is 6.29. The molecule has 2 aromatic heterocycles. The van der Waals surface area contributed by atoms with E-state index in [2.05, 4.69) is 19.9 Å². The molecule has 0 radical (unpaired) electrons. The zero-order valence-electron chi connectivity index (χ0n) is 18.8. The number of halogens is 1. The van der Waals surface area contributed by atoms with Gasteiger partial charge >= 0.3 is 0 Å². The minimum Gasteiger partial charge on any atom is -0.496 e. The molecule has 182 valence electrons. The summed E-state index contributed by atoms with van der Waals surface area (Å²) in [4.78, 5) is 15.8. The first-order valence-electron chi connectivity index (χ1n) is 11.4. The number of benzene rings is 1. The van der Waals surface area contributed by atoms with Crippen molar-refractivity contribution in [2.45, 2.75) is 62.8 Å². The summed E-state index contributed by atoms with van der Waals surface area (Å²) in [6.45, 7) is 0.125. The van der Waals surface area contributed by atoms with Crippen LogP contribution in [0.2, 0.25) is 5.02 Å². The molecule has 0 amide bonds. The number of anilines is 1. The molecular weight excluding hydrogens is 462 g/mol. The smallest absolute Gasteiger partial charge is 0.167 e. The molecule has 1 aliphatic carbocycles. The van der Waals surface area contributed by atoms with E-state index in [1.54, 1.807) is 17.7 Å². The van der Waals surface area contributed by atoms with E-state index in [-0.39, 0.29) is 6.04 Å². The summed E-state index contributed by atoms with van der Waals surface area (Å²) in [5.74, 6) is 1.42. The molecule has 2 fully saturated rings. The van der Waals surface area contributed by atoms with Crippen LogP contribution in [0.3, 0.4) is 0 Å². The number of hydrogen-bond acceptors (Lipinski definition) is 9. The average Bonchev–Trinajstić information content (AvgIpc) is 3.58. The first kappa shape index (κ1) is 23.3. The zero-order valence-corrected chi connectivity index (χ0v) is 19.5. The number of aliphatic hydroxyl groups is 3. The quantitative estimate of drug-likeness (QED) is 0.457. The number of rotatable bonds is 7. The van der Waals surface area contributed by atoms with Crippen molar-refractivity contribution in [3.05, 3.63) is 41.4 Å². The lowest BCUT2D eigenvalue weighted by Crippen LogP contribution is -2.34. The Kier molecular flexibility index (Phi) is 6.59. The van der Waals surface area contributed by atoms with E-state index in [9.17, 15) is 15.3 Å². The fraction of sp³-hybridized carbons (Fsp3) is 0.522. The van der Waals surface area contributed by atoms with Crippen LogP contribution in [0.25, 0.3) is 11.2 Å². The predicted molar refractivity (Wildman–Crippen MR) is 125 cm³/mol. The largest absolute Gasteiger partial charge is 0.496 e. The maximum Gasteiger partial charge on any atom is 0.167 e. The van der Waals surface area contributed by atoms with E-state index in [1.807, 2.05) is 12.1 Å². The van der Waals surface area contributed by atoms with Crippen LogP contribution < -0.4 is 9.64 Å². The van der Waals surface area contributed by atoms with Crippen LogP contribution in [0.5, 0.6) is 5.75 Å². The van der Waals surface area contributed by atoms with E-state index in [0.717, 1.165) is 37.0 Å². The highest BCUT2D eigenvalue weighted by atomic mass is 35.5. The van der Waals surface area contributed by atoms with Crippen molar-refractivity contribution >= 4 is 28.6 Å². The van der Waals surface area contributed by atoms with E-state index >= 15 is 0 Å². The van der Waals surface area contributed by atoms with Gasteiger partial charge in [0.05, 0.1) is 20.0 Å². The predicted octanol–water partition coefficient (Wildman–Crippen LogP) is 2.05. The first-order chi connectivity index (χ1) is 16.5. The molecule has 3 aromatic rings. The Bertz CT molecular complexity index is 1150. The lowest BCUT2D eigenvalue weighted by molar-refractivity contribution is -0.0511. The molecule has 0 bridgehead atoms. The second-order valence-corrected chi connectivity index (χ2v) is 9.21. The van der Waals surface area contributed by atoms with E-state index in [4.69, 9.17) is 21.1 Å². The highest BCUT2D eigenvalue weighted by Crippen LogP contribution is 2.36. The Balaban J connectivity index is 1.55. The Hall–Kier alpha value is -2.50. The van der Waals surface area contributed by atoms with E-state index in [1.165, 1.54) is 12.7 Å². The molecular formula is C23H28ClN5O5. The van der Waals surface area contributed by atoms with Gasteiger partial charge in [0.2, 0.25) is 0 Å². The fourth-order valence-corrected chi connectivity index (χ4v) is 5.19. The van der Waals surface area contributed by atoms with Crippen LogP contribution >= 0.6 is 11.6 Å². The number of nitrogens with zero attached hydrogens (tertiary/aromatic N) is 5. The molecule has 34 heavy (non-hydrogen) atoms. The molecule has 3 heterocycles. The molecule has 3 N–H and O–H groups in total. The molecule has 4 atom stereocenters. The Labute approximate surface area is 201 Å². The standard InChI is InChI=1S/C23H28ClN5O5/c1-33-16-7-6-14(24)8-13(16)9-28(15-4-2-3-5-15)21-18-22(26-11-25-21)29(12-27-18)23-20(32)19(31)17(10-30)34-23/h6-8,11-12,15,17,19-20,23,30-32H,2-5,9-10H2,1H3/t17-,19-,20-,23-/m1/s1. The summed E-state index contributed by atoms with van der Waals surface area (Å²) in [5.41, 5.74) is 1.98. The minimum atomic E-state index is -1.23. The van der Waals surface area contributed by atoms with Gasteiger partial charge in [0.15, 0.2) is 23.2 Å². The summed E-state index contributed by atoms with van der Waals surface area (Å²) in [6, 6.07) is 5.82. The Morgan fingerprint density at radius 3 is 2.68 bits per heavy atom. The normalized spacial score (nSPS) is 25.3. The molecule has 0 spiro atoms. The van der Waals surface area contributed by atoms with Crippen molar-refractivity contribution in [3.63, 3.8) is 0 Å². The van der Waals surface area contributed by atoms with Crippen LogP contribution in [0.1, 0.15) is 37.5 Å². The molecule has 1 aliphatic heterocycles. The Morgan fingerprint density at radius 1 is 1.18 bits per heavy atom. The number of ether oxygens (including phenoxy) is 2. The molecule has 1 saturated carbocycles. The van der Waals surface area contributed by atoms with Crippen molar-refractivity contribution in [1.82, 2.24) is 19.5 Å². The summed E-state index contributed by atoms with van der Waals surface area (Å²) in [7, 11) is 1.64. The van der Waals surface area contributed by atoms with Crippen molar-refractivity contribution < 1.29 is 24.8 Å². The number of methoxy groups -OCH3 is 1. The molecule has 0 unspecified atom stereocenters. The first-order valence-corrected chi connectivity index (χ1v) is 11.8. The molecule has 11 heteroatoms. The van der Waals surface area contributed by atoms with Crippen molar-refractivity contribution in [2.75, 3.05) is 18.6 Å². The third kappa shape index (κ3) is 4.09. The van der Waals surface area contributed by atoms with Gasteiger partial charge in [-0.3, -0.25) is 4.57 Å². The number of aliphatic hydroxyl groups excluding tert-OH is 3. The summed E-state index contributed by atoms with van der Waals surface area (Å²) in [6.07, 6.45) is 3.08. The molecule has 10 nitrogen and oxygen atoms in total. The van der Waals surface area contributed by atoms with Gasteiger partial charge in [-0.2, -0.15) is 0 Å². The monoisotopic (exact) mass is 489 g/mol. The number of imidazole rings is 1. The molecule has 2 aliphatic rings. The minimum absolute atomic E-state index is 0.265. The van der Waals surface area contributed by atoms with Crippen LogP contribution in [0, 0.1) is 0 Å². The van der Waals surface area contributed by atoms with Crippen LogP contribution in [0.15, 0.2) is 30.9 Å². The van der Waals surface area contributed by atoms with Crippen molar-refractivity contribution in [3.8, 4) is 5.75 Å². The lowest BCUT2D eigenvalue weighted by Gasteiger charge is -2.31. The topological polar surface area (TPSA) is 126 Å². The van der Waals surface area contributed by atoms with Crippen molar-refractivity contribution in [2.24, 2.45) is 0 Å². The second kappa shape index (κ2) is 9.63. The van der Waals surface area contributed by atoms with Gasteiger partial charge in [-0.1, -0.05) is 24.4 Å². The molecule has 5 rings (SSSR count). The van der Waals surface area contributed by atoms with Crippen LogP contribution in [-0.2, 0) is 11.3 Å². The summed E-state index contributed by atoms with van der Waals surface area (Å²) < 4.78 is 12.8. The number of fused-ring (bicyclic) bond motifs is 1. The third-order valence-corrected chi connectivity index (χ3v) is 6.99. The lowest BCUT2D eigenvalue weighted by atomic mass is 10.1. The SMILES string of the molecule is COc1ccc(Cl)cc1CN(c1ncnc2c1ncn2[C@@H]1O[C@H](CO)[C@@H](O)[C@H]1O)C1CCCC1. The fourth-order valence-electron chi connectivity index (χ4n) is 4.99. The van der Waals surface area contributed by atoms with Gasteiger partial charge in [-0.15, -0.1) is 0 Å². The van der Waals surface area contributed by atoms with Gasteiger partial charge in [0, 0.05) is 23.2 Å². The number of aromatic nitrogens is 4. The van der Waals surface area contributed by atoms with Gasteiger partial charge in [0.1, 0.15) is 30.4 Å². The van der Waals surface area contributed by atoms with E-state index < -0.39 is 31.1 Å². The van der Waals surface area contributed by atoms with Crippen LogP contribution in [-0.4, -0.2) is 72.9 Å². The maximum absolute atomic E-state index is 10.5. The highest BCUT2D eigenvalue weighted by Gasteiger charge is 2.44. The molecule has 1 aromatic carbocycles. The average molecular weight is 490 g/mol. The zero-order chi connectivity index (χ0) is 23.8. The number of hydrogen-bond donors (Lipinski definition) is 3. The summed E-state index contributed by atoms with van der Waals surface area (Å²) in [5, 5.41) is 30.8. The van der Waals surface area contributed by atoms with Gasteiger partial charge in [-0.25, -0.2) is 15.0 Å². The van der Waals surface area contributed by atoms with Crippen LogP contribution in [0.4, 0.5) is 5.82 Å².